The monoisotopic (exact) mass is 351 g/mol. The molecule has 0 aliphatic carbocycles. The van der Waals surface area contributed by atoms with Gasteiger partial charge in [0.1, 0.15) is 5.75 Å². The van der Waals surface area contributed by atoms with Gasteiger partial charge in [0.15, 0.2) is 0 Å². The average Bonchev–Trinajstić information content (AvgIpc) is 3.18. The van der Waals surface area contributed by atoms with E-state index in [-0.39, 0.29) is 0 Å². The molecule has 0 amide bonds. The van der Waals surface area contributed by atoms with Crippen molar-refractivity contribution in [1.29, 1.82) is 0 Å². The van der Waals surface area contributed by atoms with Crippen molar-refractivity contribution >= 4 is 10.9 Å². The van der Waals surface area contributed by atoms with Crippen molar-refractivity contribution < 1.29 is 9.47 Å². The molecule has 2 atom stereocenters. The number of aromatic amines is 1. The number of fused-ring (bicyclic) bond motifs is 1. The smallest absolute Gasteiger partial charge is 0.127 e. The number of nitrogens with two attached hydrogens (primary N) is 1. The predicted octanol–water partition coefficient (Wildman–Crippen LogP) is 3.71. The highest BCUT2D eigenvalue weighted by Crippen LogP contribution is 2.40. The molecule has 4 rings (SSSR count). The second kappa shape index (κ2) is 7.48. The molecule has 26 heavy (non-hydrogen) atoms. The lowest BCUT2D eigenvalue weighted by molar-refractivity contribution is 0.0497. The molecule has 0 spiro atoms. The summed E-state index contributed by atoms with van der Waals surface area (Å²) in [7, 11) is 0. The van der Waals surface area contributed by atoms with E-state index >= 15 is 0 Å². The molecule has 0 radical (unpaired) electrons. The molecule has 3 N–H and O–H groups in total. The van der Waals surface area contributed by atoms with Crippen molar-refractivity contribution in [2.24, 2.45) is 11.7 Å². The summed E-state index contributed by atoms with van der Waals surface area (Å²) in [6.45, 7) is 4.83. The highest BCUT2D eigenvalue weighted by Gasteiger charge is 2.28. The Morgan fingerprint density at radius 2 is 2.12 bits per heavy atom. The average molecular weight is 351 g/mol. The number of benzene rings is 2. The molecule has 1 aromatic heterocycles. The van der Waals surface area contributed by atoms with Crippen molar-refractivity contribution in [2.75, 3.05) is 26.4 Å². The lowest BCUT2D eigenvalue weighted by Gasteiger charge is -2.31. The van der Waals surface area contributed by atoms with Crippen LogP contribution in [0.15, 0.2) is 42.6 Å². The third-order valence-electron chi connectivity index (χ3n) is 5.33. The van der Waals surface area contributed by atoms with Gasteiger partial charge in [-0.1, -0.05) is 30.3 Å². The summed E-state index contributed by atoms with van der Waals surface area (Å²) in [4.78, 5) is 0. The van der Waals surface area contributed by atoms with Crippen molar-refractivity contribution in [3.05, 3.63) is 48.2 Å². The number of ether oxygens (including phenoxy) is 2. The Balaban J connectivity index is 1.82. The normalized spacial score (nSPS) is 20.4. The molecule has 0 bridgehead atoms. The fourth-order valence-corrected chi connectivity index (χ4v) is 3.98. The maximum Gasteiger partial charge on any atom is 0.127 e. The first-order valence-corrected chi connectivity index (χ1v) is 9.29. The number of hydrogen-bond donors (Lipinski definition) is 2. The topological polar surface area (TPSA) is 73.2 Å². The van der Waals surface area contributed by atoms with E-state index in [0.717, 1.165) is 40.8 Å². The van der Waals surface area contributed by atoms with Gasteiger partial charge in [0.25, 0.3) is 0 Å². The number of nitrogens with one attached hydrogen (secondary N) is 1. The lowest BCUT2D eigenvalue weighted by Crippen LogP contribution is -2.31. The maximum absolute atomic E-state index is 6.03. The Labute approximate surface area is 153 Å². The predicted molar refractivity (Wildman–Crippen MR) is 103 cm³/mol. The van der Waals surface area contributed by atoms with E-state index in [2.05, 4.69) is 28.4 Å². The van der Waals surface area contributed by atoms with Crippen molar-refractivity contribution in [3.8, 4) is 16.9 Å². The van der Waals surface area contributed by atoms with Crippen LogP contribution in [0.3, 0.4) is 0 Å². The summed E-state index contributed by atoms with van der Waals surface area (Å²) in [5.74, 6) is 1.63. The first kappa shape index (κ1) is 17.1. The van der Waals surface area contributed by atoms with E-state index in [1.54, 1.807) is 0 Å². The second-order valence-electron chi connectivity index (χ2n) is 6.76. The fraction of sp³-hybridized carbons (Fsp3) is 0.381. The van der Waals surface area contributed by atoms with Crippen molar-refractivity contribution in [2.45, 2.75) is 19.3 Å². The summed E-state index contributed by atoms with van der Waals surface area (Å²) >= 11 is 0. The number of aromatic nitrogens is 2. The zero-order valence-corrected chi connectivity index (χ0v) is 15.1. The van der Waals surface area contributed by atoms with E-state index in [1.165, 1.54) is 5.56 Å². The molecule has 5 heteroatoms. The number of para-hydroxylation sites is 1. The standard InChI is InChI=1S/C21H25N3O2/c1-2-26-20-6-4-3-5-16(20)15-7-8-17(21-18(15)12-23-24-21)19-13-25-10-9-14(19)11-22/h3-8,12,14,19H,2,9-11,13,22H2,1H3,(H,23,24). The Morgan fingerprint density at radius 3 is 2.96 bits per heavy atom. The molecule has 1 saturated heterocycles. The van der Waals surface area contributed by atoms with Gasteiger partial charge in [-0.3, -0.25) is 5.10 Å². The minimum Gasteiger partial charge on any atom is -0.493 e. The molecule has 1 aliphatic rings. The first-order valence-electron chi connectivity index (χ1n) is 9.29. The fourth-order valence-electron chi connectivity index (χ4n) is 3.98. The quantitative estimate of drug-likeness (QED) is 0.735. The Bertz CT molecular complexity index is 890. The molecule has 0 saturated carbocycles. The van der Waals surface area contributed by atoms with Crippen LogP contribution in [0.1, 0.15) is 24.8 Å². The molecule has 136 valence electrons. The Morgan fingerprint density at radius 1 is 1.23 bits per heavy atom. The van der Waals surface area contributed by atoms with Crippen LogP contribution in [-0.4, -0.2) is 36.6 Å². The summed E-state index contributed by atoms with van der Waals surface area (Å²) in [5, 5.41) is 8.64. The van der Waals surface area contributed by atoms with Gasteiger partial charge in [-0.2, -0.15) is 5.10 Å². The number of hydrogen-bond acceptors (Lipinski definition) is 4. The zero-order valence-electron chi connectivity index (χ0n) is 15.1. The van der Waals surface area contributed by atoms with Gasteiger partial charge in [0.05, 0.1) is 24.9 Å². The molecule has 2 unspecified atom stereocenters. The van der Waals surface area contributed by atoms with Gasteiger partial charge in [-0.05, 0) is 43.0 Å². The third-order valence-corrected chi connectivity index (χ3v) is 5.33. The summed E-state index contributed by atoms with van der Waals surface area (Å²) in [6, 6.07) is 12.5. The summed E-state index contributed by atoms with van der Waals surface area (Å²) in [5.41, 5.74) is 10.6. The molecule has 1 aliphatic heterocycles. The van der Waals surface area contributed by atoms with Crippen molar-refractivity contribution in [1.82, 2.24) is 10.2 Å². The molecule has 3 aromatic rings. The van der Waals surface area contributed by atoms with E-state index in [0.29, 0.717) is 31.6 Å². The summed E-state index contributed by atoms with van der Waals surface area (Å²) in [6.07, 6.45) is 2.91. The van der Waals surface area contributed by atoms with Crippen LogP contribution in [0, 0.1) is 5.92 Å². The Kier molecular flexibility index (Phi) is 4.91. The van der Waals surface area contributed by atoms with Gasteiger partial charge in [-0.25, -0.2) is 0 Å². The highest BCUT2D eigenvalue weighted by atomic mass is 16.5. The van der Waals surface area contributed by atoms with E-state index in [9.17, 15) is 0 Å². The third kappa shape index (κ3) is 2.97. The van der Waals surface area contributed by atoms with Gasteiger partial charge in [-0.15, -0.1) is 0 Å². The molecule has 5 nitrogen and oxygen atoms in total. The number of H-pyrrole nitrogens is 1. The van der Waals surface area contributed by atoms with E-state index < -0.39 is 0 Å². The van der Waals surface area contributed by atoms with Crippen LogP contribution in [0.25, 0.3) is 22.0 Å². The van der Waals surface area contributed by atoms with Crippen LogP contribution in [0.5, 0.6) is 5.75 Å². The van der Waals surface area contributed by atoms with Crippen LogP contribution in [-0.2, 0) is 4.74 Å². The van der Waals surface area contributed by atoms with Gasteiger partial charge in [0.2, 0.25) is 0 Å². The molecule has 2 aromatic carbocycles. The SMILES string of the molecule is CCOc1ccccc1-c1ccc(C2COCCC2CN)c2[nH]ncc12. The minimum atomic E-state index is 0.299. The summed E-state index contributed by atoms with van der Waals surface area (Å²) < 4.78 is 11.6. The van der Waals surface area contributed by atoms with Crippen LogP contribution in [0.4, 0.5) is 0 Å². The lowest BCUT2D eigenvalue weighted by atomic mass is 9.81. The first-order chi connectivity index (χ1) is 12.8. The van der Waals surface area contributed by atoms with Gasteiger partial charge < -0.3 is 15.2 Å². The molecular formula is C21H25N3O2. The van der Waals surface area contributed by atoms with E-state index in [4.69, 9.17) is 15.2 Å². The van der Waals surface area contributed by atoms with Crippen LogP contribution < -0.4 is 10.5 Å². The number of rotatable bonds is 5. The maximum atomic E-state index is 6.03. The molecule has 1 fully saturated rings. The van der Waals surface area contributed by atoms with E-state index in [1.807, 2.05) is 31.3 Å². The van der Waals surface area contributed by atoms with Crippen LogP contribution in [0.2, 0.25) is 0 Å². The number of nitrogens with zero attached hydrogens (tertiary/aromatic N) is 1. The largest absolute Gasteiger partial charge is 0.493 e. The zero-order chi connectivity index (χ0) is 17.9. The van der Waals surface area contributed by atoms with Crippen molar-refractivity contribution in [3.63, 3.8) is 0 Å². The van der Waals surface area contributed by atoms with Crippen LogP contribution >= 0.6 is 0 Å². The van der Waals surface area contributed by atoms with Gasteiger partial charge in [0, 0.05) is 23.5 Å². The molecular weight excluding hydrogens is 326 g/mol. The Hall–Kier alpha value is -2.37. The molecule has 2 heterocycles. The highest BCUT2D eigenvalue weighted by molar-refractivity contribution is 5.97. The minimum absolute atomic E-state index is 0.299. The van der Waals surface area contributed by atoms with Gasteiger partial charge >= 0.3 is 0 Å². The second-order valence-corrected chi connectivity index (χ2v) is 6.76.